The molecule has 82 valence electrons. The van der Waals surface area contributed by atoms with Crippen molar-refractivity contribution >= 4 is 11.8 Å². The van der Waals surface area contributed by atoms with Crippen molar-refractivity contribution in [2.45, 2.75) is 18.4 Å². The molecule has 1 atom stereocenters. The minimum Gasteiger partial charge on any atom is -0.496 e. The van der Waals surface area contributed by atoms with Crippen molar-refractivity contribution in [2.75, 3.05) is 18.6 Å². The van der Waals surface area contributed by atoms with Gasteiger partial charge in [0, 0.05) is 11.3 Å². The second kappa shape index (κ2) is 4.45. The van der Waals surface area contributed by atoms with Gasteiger partial charge in [-0.25, -0.2) is 0 Å². The first kappa shape index (κ1) is 10.8. The van der Waals surface area contributed by atoms with Crippen LogP contribution in [-0.4, -0.2) is 23.7 Å². The third kappa shape index (κ3) is 2.13. The van der Waals surface area contributed by atoms with Gasteiger partial charge in [0.05, 0.1) is 7.11 Å². The average Bonchev–Trinajstić information content (AvgIpc) is 2.30. The summed E-state index contributed by atoms with van der Waals surface area (Å²) in [5.41, 5.74) is 0.231. The molecular weight excluding hydrogens is 208 g/mol. The molecule has 1 fully saturated rings. The molecule has 15 heavy (non-hydrogen) atoms. The monoisotopic (exact) mass is 224 g/mol. The molecule has 1 saturated heterocycles. The predicted molar refractivity (Wildman–Crippen MR) is 63.4 cm³/mol. The molecule has 0 saturated carbocycles. The minimum absolute atomic E-state index is 0.699. The number of ether oxygens (including phenoxy) is 1. The molecule has 2 rings (SSSR count). The topological polar surface area (TPSA) is 29.5 Å². The van der Waals surface area contributed by atoms with Crippen LogP contribution in [0.25, 0.3) is 0 Å². The summed E-state index contributed by atoms with van der Waals surface area (Å²) in [6.45, 7) is 0. The first-order chi connectivity index (χ1) is 7.26. The first-order valence-corrected chi connectivity index (χ1v) is 6.35. The van der Waals surface area contributed by atoms with Gasteiger partial charge in [0.15, 0.2) is 0 Å². The summed E-state index contributed by atoms with van der Waals surface area (Å²) in [7, 11) is 1.65. The zero-order valence-electron chi connectivity index (χ0n) is 8.90. The number of para-hydroxylation sites is 1. The molecule has 3 heteroatoms. The fraction of sp³-hybridized carbons (Fsp3) is 0.500. The fourth-order valence-electron chi connectivity index (χ4n) is 2.02. The van der Waals surface area contributed by atoms with Gasteiger partial charge >= 0.3 is 0 Å². The van der Waals surface area contributed by atoms with Crippen molar-refractivity contribution in [1.82, 2.24) is 0 Å². The lowest BCUT2D eigenvalue weighted by molar-refractivity contribution is 0.0470. The van der Waals surface area contributed by atoms with Crippen molar-refractivity contribution in [3.05, 3.63) is 29.8 Å². The van der Waals surface area contributed by atoms with Gasteiger partial charge in [-0.1, -0.05) is 18.2 Å². The van der Waals surface area contributed by atoms with Crippen LogP contribution in [0, 0.1) is 0 Å². The normalized spacial score (nSPS) is 26.3. The lowest BCUT2D eigenvalue weighted by Gasteiger charge is -2.33. The number of aliphatic hydroxyl groups is 1. The van der Waals surface area contributed by atoms with E-state index in [9.17, 15) is 5.11 Å². The summed E-state index contributed by atoms with van der Waals surface area (Å²) in [5, 5.41) is 10.6. The summed E-state index contributed by atoms with van der Waals surface area (Å²) in [6, 6.07) is 7.76. The van der Waals surface area contributed by atoms with E-state index in [0.717, 1.165) is 35.7 Å². The molecule has 0 radical (unpaired) electrons. The zero-order chi connectivity index (χ0) is 10.7. The van der Waals surface area contributed by atoms with Crippen LogP contribution < -0.4 is 4.74 Å². The molecule has 1 aliphatic rings. The number of hydrogen-bond acceptors (Lipinski definition) is 3. The summed E-state index contributed by atoms with van der Waals surface area (Å²) in [4.78, 5) is 0. The number of benzene rings is 1. The van der Waals surface area contributed by atoms with Crippen LogP contribution in [-0.2, 0) is 5.60 Å². The summed E-state index contributed by atoms with van der Waals surface area (Å²) in [5.74, 6) is 2.72. The molecule has 1 heterocycles. The molecule has 1 aromatic carbocycles. The van der Waals surface area contributed by atoms with E-state index in [0.29, 0.717) is 0 Å². The Bertz CT molecular complexity index is 332. The number of hydrogen-bond donors (Lipinski definition) is 1. The van der Waals surface area contributed by atoms with E-state index >= 15 is 0 Å². The maximum atomic E-state index is 10.6. The molecule has 0 aromatic heterocycles. The molecule has 2 nitrogen and oxygen atoms in total. The van der Waals surface area contributed by atoms with Gasteiger partial charge in [0.1, 0.15) is 11.4 Å². The molecule has 0 bridgehead atoms. The van der Waals surface area contributed by atoms with E-state index < -0.39 is 5.60 Å². The standard InChI is InChI=1S/C12H16O2S/c1-14-11-6-3-2-5-10(11)12(13)7-4-8-15-9-12/h2-3,5-6,13H,4,7-9H2,1H3. The van der Waals surface area contributed by atoms with Gasteiger partial charge in [-0.3, -0.25) is 0 Å². The second-order valence-corrected chi connectivity index (χ2v) is 4.99. The predicted octanol–water partition coefficient (Wildman–Crippen LogP) is 2.41. The Morgan fingerprint density at radius 1 is 1.40 bits per heavy atom. The van der Waals surface area contributed by atoms with Gasteiger partial charge in [0.25, 0.3) is 0 Å². The van der Waals surface area contributed by atoms with E-state index in [1.165, 1.54) is 0 Å². The van der Waals surface area contributed by atoms with E-state index in [-0.39, 0.29) is 0 Å². The van der Waals surface area contributed by atoms with Gasteiger partial charge in [-0.2, -0.15) is 11.8 Å². The van der Waals surface area contributed by atoms with Crippen LogP contribution in [0.15, 0.2) is 24.3 Å². The molecule has 0 aliphatic carbocycles. The molecule has 0 amide bonds. The maximum absolute atomic E-state index is 10.6. The molecule has 1 aliphatic heterocycles. The van der Waals surface area contributed by atoms with Crippen molar-refractivity contribution < 1.29 is 9.84 Å². The molecule has 0 spiro atoms. The summed E-state index contributed by atoms with van der Waals surface area (Å²) >= 11 is 1.81. The van der Waals surface area contributed by atoms with Crippen LogP contribution in [0.3, 0.4) is 0 Å². The highest BCUT2D eigenvalue weighted by Gasteiger charge is 2.33. The van der Waals surface area contributed by atoms with E-state index in [4.69, 9.17) is 4.74 Å². The van der Waals surface area contributed by atoms with Crippen molar-refractivity contribution in [1.29, 1.82) is 0 Å². The molecular formula is C12H16O2S. The Morgan fingerprint density at radius 3 is 2.87 bits per heavy atom. The summed E-state index contributed by atoms with van der Waals surface area (Å²) in [6.07, 6.45) is 1.90. The fourth-order valence-corrected chi connectivity index (χ4v) is 3.15. The Kier molecular flexibility index (Phi) is 3.22. The summed E-state index contributed by atoms with van der Waals surface area (Å²) < 4.78 is 5.29. The first-order valence-electron chi connectivity index (χ1n) is 5.20. The van der Waals surface area contributed by atoms with Gasteiger partial charge in [0.2, 0.25) is 0 Å². The second-order valence-electron chi connectivity index (χ2n) is 3.89. The van der Waals surface area contributed by atoms with Crippen LogP contribution in [0.1, 0.15) is 18.4 Å². The highest BCUT2D eigenvalue weighted by atomic mass is 32.2. The van der Waals surface area contributed by atoms with E-state index in [2.05, 4.69) is 0 Å². The Hall–Kier alpha value is -0.670. The third-order valence-electron chi connectivity index (χ3n) is 2.83. The van der Waals surface area contributed by atoms with Crippen LogP contribution in [0.5, 0.6) is 5.75 Å². The molecule has 1 N–H and O–H groups in total. The average molecular weight is 224 g/mol. The van der Waals surface area contributed by atoms with Gasteiger partial charge in [-0.05, 0) is 24.7 Å². The highest BCUT2D eigenvalue weighted by Crippen LogP contribution is 2.39. The Morgan fingerprint density at radius 2 is 2.20 bits per heavy atom. The smallest absolute Gasteiger partial charge is 0.124 e. The number of thioether (sulfide) groups is 1. The van der Waals surface area contributed by atoms with Crippen molar-refractivity contribution in [3.63, 3.8) is 0 Å². The lowest BCUT2D eigenvalue weighted by atomic mass is 9.90. The largest absolute Gasteiger partial charge is 0.496 e. The van der Waals surface area contributed by atoms with Gasteiger partial charge < -0.3 is 9.84 Å². The van der Waals surface area contributed by atoms with Crippen LogP contribution in [0.4, 0.5) is 0 Å². The lowest BCUT2D eigenvalue weighted by Crippen LogP contribution is -2.32. The molecule has 1 unspecified atom stereocenters. The Labute approximate surface area is 94.6 Å². The van der Waals surface area contributed by atoms with E-state index in [1.54, 1.807) is 7.11 Å². The van der Waals surface area contributed by atoms with Crippen LogP contribution in [0.2, 0.25) is 0 Å². The molecule has 1 aromatic rings. The van der Waals surface area contributed by atoms with Crippen molar-refractivity contribution in [3.8, 4) is 5.75 Å². The quantitative estimate of drug-likeness (QED) is 0.836. The zero-order valence-corrected chi connectivity index (χ0v) is 9.72. The maximum Gasteiger partial charge on any atom is 0.124 e. The SMILES string of the molecule is COc1ccccc1C1(O)CCCSC1. The number of methoxy groups -OCH3 is 1. The highest BCUT2D eigenvalue weighted by molar-refractivity contribution is 7.99. The van der Waals surface area contributed by atoms with Crippen LogP contribution >= 0.6 is 11.8 Å². The van der Waals surface area contributed by atoms with Crippen molar-refractivity contribution in [2.24, 2.45) is 0 Å². The number of rotatable bonds is 2. The minimum atomic E-state index is -0.699. The van der Waals surface area contributed by atoms with Gasteiger partial charge in [-0.15, -0.1) is 0 Å². The third-order valence-corrected chi connectivity index (χ3v) is 4.09. The van der Waals surface area contributed by atoms with E-state index in [1.807, 2.05) is 36.0 Å². The Balaban J connectivity index is 2.34.